The number of hydrogen-bond donors (Lipinski definition) is 2. The standard InChI is InChI=1S/C21H38O10/c1-10-19(23)13(24-4)8-17(28-10)30-21-12(3)29-18(9-15(21)26-6)31-20-11(2)27-16(22)7-14(20)25-5/h10-23H,7-9H2,1-6H3/t10-,11-,12-,13-,14+,15-,16?,17+,18+,19-,20-,21-/m1/s1. The summed E-state index contributed by atoms with van der Waals surface area (Å²) in [5.74, 6) is 0. The van der Waals surface area contributed by atoms with Gasteiger partial charge in [0.15, 0.2) is 18.9 Å². The molecule has 31 heavy (non-hydrogen) atoms. The molecule has 3 rings (SSSR count). The highest BCUT2D eigenvalue weighted by molar-refractivity contribution is 4.88. The van der Waals surface area contributed by atoms with Crippen molar-refractivity contribution in [3.8, 4) is 0 Å². The zero-order valence-electron chi connectivity index (χ0n) is 19.2. The van der Waals surface area contributed by atoms with Crippen LogP contribution in [-0.4, -0.2) is 105 Å². The SMILES string of the molecule is CO[C@H]1CC(O)O[C@H](C)[C@H]1O[C@H]1C[C@@H](OC)[C@H](O[C@H]2C[C@@H](OC)[C@H](O)[C@@H](C)O2)[C@@H](C)O1. The van der Waals surface area contributed by atoms with Crippen LogP contribution in [0.2, 0.25) is 0 Å². The lowest BCUT2D eigenvalue weighted by Crippen LogP contribution is -2.56. The molecule has 10 heteroatoms. The fraction of sp³-hybridized carbons (Fsp3) is 1.00. The first-order valence-electron chi connectivity index (χ1n) is 11.0. The van der Waals surface area contributed by atoms with E-state index in [1.807, 2.05) is 13.8 Å². The van der Waals surface area contributed by atoms with Crippen molar-refractivity contribution in [3.63, 3.8) is 0 Å². The lowest BCUT2D eigenvalue weighted by molar-refractivity contribution is -0.334. The average molecular weight is 451 g/mol. The number of rotatable bonds is 7. The van der Waals surface area contributed by atoms with Crippen LogP contribution in [0.4, 0.5) is 0 Å². The molecule has 3 aliphatic rings. The Balaban J connectivity index is 1.60. The molecule has 0 spiro atoms. The highest BCUT2D eigenvalue weighted by Gasteiger charge is 2.45. The Morgan fingerprint density at radius 2 is 1.06 bits per heavy atom. The molecule has 3 aliphatic heterocycles. The molecular weight excluding hydrogens is 412 g/mol. The number of ether oxygens (including phenoxy) is 8. The number of methoxy groups -OCH3 is 3. The minimum atomic E-state index is -0.872. The molecule has 0 aromatic carbocycles. The fourth-order valence-corrected chi connectivity index (χ4v) is 4.64. The summed E-state index contributed by atoms with van der Waals surface area (Å²) in [6.07, 6.45) is -4.26. The van der Waals surface area contributed by atoms with Crippen molar-refractivity contribution in [2.24, 2.45) is 0 Å². The van der Waals surface area contributed by atoms with Gasteiger partial charge < -0.3 is 48.1 Å². The van der Waals surface area contributed by atoms with E-state index in [-0.39, 0.29) is 42.7 Å². The van der Waals surface area contributed by atoms with Gasteiger partial charge in [-0.05, 0) is 20.8 Å². The van der Waals surface area contributed by atoms with Gasteiger partial charge in [-0.25, -0.2) is 0 Å². The third-order valence-corrected chi connectivity index (χ3v) is 6.43. The van der Waals surface area contributed by atoms with Crippen LogP contribution < -0.4 is 0 Å². The Kier molecular flexibility index (Phi) is 9.07. The van der Waals surface area contributed by atoms with Gasteiger partial charge in [0, 0.05) is 40.6 Å². The third-order valence-electron chi connectivity index (χ3n) is 6.43. The van der Waals surface area contributed by atoms with E-state index in [2.05, 4.69) is 0 Å². The molecular formula is C21H38O10. The van der Waals surface area contributed by atoms with E-state index in [9.17, 15) is 10.2 Å². The largest absolute Gasteiger partial charge is 0.388 e. The van der Waals surface area contributed by atoms with Crippen molar-refractivity contribution < 1.29 is 48.1 Å². The molecule has 2 N–H and O–H groups in total. The Labute approximate surface area is 184 Å². The van der Waals surface area contributed by atoms with E-state index in [1.54, 1.807) is 28.3 Å². The first-order chi connectivity index (χ1) is 14.8. The van der Waals surface area contributed by atoms with Crippen molar-refractivity contribution in [2.75, 3.05) is 21.3 Å². The molecule has 0 aromatic heterocycles. The molecule has 0 aliphatic carbocycles. The van der Waals surface area contributed by atoms with E-state index in [1.165, 1.54) is 0 Å². The summed E-state index contributed by atoms with van der Waals surface area (Å²) in [5, 5.41) is 20.0. The van der Waals surface area contributed by atoms with E-state index in [0.29, 0.717) is 19.3 Å². The number of hydrogen-bond acceptors (Lipinski definition) is 10. The maximum atomic E-state index is 10.2. The third kappa shape index (κ3) is 5.94. The first-order valence-corrected chi connectivity index (χ1v) is 11.0. The van der Waals surface area contributed by atoms with Crippen LogP contribution in [-0.2, 0) is 37.9 Å². The summed E-state index contributed by atoms with van der Waals surface area (Å²) in [6.45, 7) is 5.54. The quantitative estimate of drug-likeness (QED) is 0.570. The predicted molar refractivity (Wildman–Crippen MR) is 107 cm³/mol. The van der Waals surface area contributed by atoms with Crippen molar-refractivity contribution in [1.82, 2.24) is 0 Å². The zero-order valence-corrected chi connectivity index (χ0v) is 19.2. The van der Waals surface area contributed by atoms with Crippen LogP contribution in [0.5, 0.6) is 0 Å². The summed E-state index contributed by atoms with van der Waals surface area (Å²) < 4.78 is 46.4. The van der Waals surface area contributed by atoms with Gasteiger partial charge in [0.1, 0.15) is 18.3 Å². The van der Waals surface area contributed by atoms with E-state index < -0.39 is 31.1 Å². The van der Waals surface area contributed by atoms with Crippen LogP contribution in [0.3, 0.4) is 0 Å². The summed E-state index contributed by atoms with van der Waals surface area (Å²) >= 11 is 0. The molecule has 3 saturated heterocycles. The Morgan fingerprint density at radius 1 is 0.613 bits per heavy atom. The molecule has 3 heterocycles. The normalized spacial score (nSPS) is 49.2. The van der Waals surface area contributed by atoms with Gasteiger partial charge in [-0.15, -0.1) is 0 Å². The van der Waals surface area contributed by atoms with Crippen molar-refractivity contribution in [3.05, 3.63) is 0 Å². The maximum Gasteiger partial charge on any atom is 0.161 e. The second kappa shape index (κ2) is 11.1. The second-order valence-electron chi connectivity index (χ2n) is 8.56. The fourth-order valence-electron chi connectivity index (χ4n) is 4.64. The maximum absolute atomic E-state index is 10.2. The van der Waals surface area contributed by atoms with Crippen LogP contribution in [0.1, 0.15) is 40.0 Å². The van der Waals surface area contributed by atoms with Gasteiger partial charge in [0.2, 0.25) is 0 Å². The molecule has 12 atom stereocenters. The monoisotopic (exact) mass is 450 g/mol. The molecule has 0 radical (unpaired) electrons. The highest BCUT2D eigenvalue weighted by atomic mass is 16.7. The van der Waals surface area contributed by atoms with E-state index in [4.69, 9.17) is 37.9 Å². The number of aliphatic hydroxyl groups excluding tert-OH is 2. The van der Waals surface area contributed by atoms with Crippen LogP contribution in [0.15, 0.2) is 0 Å². The first kappa shape index (κ1) is 25.2. The zero-order chi connectivity index (χ0) is 22.7. The van der Waals surface area contributed by atoms with Crippen molar-refractivity contribution in [1.29, 1.82) is 0 Å². The van der Waals surface area contributed by atoms with Gasteiger partial charge >= 0.3 is 0 Å². The molecule has 1 unspecified atom stereocenters. The lowest BCUT2D eigenvalue weighted by atomic mass is 9.99. The minimum absolute atomic E-state index is 0.285. The van der Waals surface area contributed by atoms with Gasteiger partial charge in [-0.3, -0.25) is 0 Å². The Bertz CT molecular complexity index is 550. The summed E-state index contributed by atoms with van der Waals surface area (Å²) in [4.78, 5) is 0. The molecule has 0 amide bonds. The van der Waals surface area contributed by atoms with Crippen molar-refractivity contribution >= 4 is 0 Å². The smallest absolute Gasteiger partial charge is 0.161 e. The van der Waals surface area contributed by atoms with Crippen LogP contribution >= 0.6 is 0 Å². The van der Waals surface area contributed by atoms with Crippen molar-refractivity contribution in [2.45, 2.75) is 114 Å². The molecule has 0 saturated carbocycles. The Hall–Kier alpha value is -0.400. The van der Waals surface area contributed by atoms with E-state index in [0.717, 1.165) is 0 Å². The average Bonchev–Trinajstić information content (AvgIpc) is 2.73. The predicted octanol–water partition coefficient (Wildman–Crippen LogP) is 0.560. The Morgan fingerprint density at radius 3 is 1.61 bits per heavy atom. The molecule has 3 fully saturated rings. The summed E-state index contributed by atoms with van der Waals surface area (Å²) in [7, 11) is 4.79. The van der Waals surface area contributed by atoms with Gasteiger partial charge in [-0.1, -0.05) is 0 Å². The van der Waals surface area contributed by atoms with Gasteiger partial charge in [0.05, 0.1) is 36.6 Å². The second-order valence-corrected chi connectivity index (χ2v) is 8.56. The van der Waals surface area contributed by atoms with Gasteiger partial charge in [0.25, 0.3) is 0 Å². The van der Waals surface area contributed by atoms with Gasteiger partial charge in [-0.2, -0.15) is 0 Å². The summed E-state index contributed by atoms with van der Waals surface area (Å²) in [5.41, 5.74) is 0. The highest BCUT2D eigenvalue weighted by Crippen LogP contribution is 2.33. The molecule has 182 valence electrons. The number of aliphatic hydroxyl groups is 2. The molecule has 0 bridgehead atoms. The minimum Gasteiger partial charge on any atom is -0.388 e. The summed E-state index contributed by atoms with van der Waals surface area (Å²) in [6, 6.07) is 0. The van der Waals surface area contributed by atoms with E-state index >= 15 is 0 Å². The molecule has 0 aromatic rings. The molecule has 10 nitrogen and oxygen atoms in total. The van der Waals surface area contributed by atoms with Crippen LogP contribution in [0, 0.1) is 0 Å². The van der Waals surface area contributed by atoms with Crippen LogP contribution in [0.25, 0.3) is 0 Å². The lowest BCUT2D eigenvalue weighted by Gasteiger charge is -2.45. The topological polar surface area (TPSA) is 114 Å².